The van der Waals surface area contributed by atoms with E-state index in [0.717, 1.165) is 33.9 Å². The molecule has 156 valence electrons. The zero-order chi connectivity index (χ0) is 21.1. The third-order valence-corrected chi connectivity index (χ3v) is 4.71. The number of aromatic amines is 1. The molecule has 0 fully saturated rings. The molecule has 0 saturated carbocycles. The molecule has 30 heavy (non-hydrogen) atoms. The lowest BCUT2D eigenvalue weighted by molar-refractivity contribution is 0.232. The van der Waals surface area contributed by atoms with Crippen LogP contribution in [0.5, 0.6) is 0 Å². The van der Waals surface area contributed by atoms with Crippen molar-refractivity contribution in [2.75, 3.05) is 23.8 Å². The summed E-state index contributed by atoms with van der Waals surface area (Å²) in [5.41, 5.74) is 4.10. The minimum Gasteiger partial charge on any atom is -0.395 e. The minimum absolute atomic E-state index is 0.118. The number of hydrogen-bond donors (Lipinski definition) is 4. The average molecular weight is 406 g/mol. The van der Waals surface area contributed by atoms with Gasteiger partial charge in [-0.1, -0.05) is 0 Å². The van der Waals surface area contributed by atoms with Crippen molar-refractivity contribution in [1.82, 2.24) is 25.1 Å². The van der Waals surface area contributed by atoms with Crippen LogP contribution in [0.1, 0.15) is 31.9 Å². The molecule has 4 N–H and O–H groups in total. The monoisotopic (exact) mass is 405 g/mol. The van der Waals surface area contributed by atoms with Crippen molar-refractivity contribution in [3.05, 3.63) is 54.1 Å². The van der Waals surface area contributed by atoms with Gasteiger partial charge in [-0.15, -0.1) is 0 Å². The standard InChI is InChI=1S/C22H27N7O/c1-22(2,3)28-21-18-14-29(8-9-30)7-5-16(18)11-20(27-21)26-19-10-15(4-6-23-19)17-12-24-25-13-17/h4-7,10-13,30H,8-9,14H2,1-3H3,(H,24,25)(H2,23,26,27,28). The number of nitrogens with zero attached hydrogens (tertiary/aromatic N) is 4. The Morgan fingerprint density at radius 2 is 2.07 bits per heavy atom. The molecule has 1 aliphatic heterocycles. The molecule has 3 aromatic rings. The number of anilines is 3. The molecule has 4 heterocycles. The van der Waals surface area contributed by atoms with E-state index in [-0.39, 0.29) is 12.1 Å². The van der Waals surface area contributed by atoms with E-state index >= 15 is 0 Å². The van der Waals surface area contributed by atoms with Crippen LogP contribution in [0.15, 0.2) is 43.0 Å². The summed E-state index contributed by atoms with van der Waals surface area (Å²) in [4.78, 5) is 11.4. The zero-order valence-electron chi connectivity index (χ0n) is 17.5. The summed E-state index contributed by atoms with van der Waals surface area (Å²) < 4.78 is 0. The van der Waals surface area contributed by atoms with Gasteiger partial charge in [0.2, 0.25) is 0 Å². The molecule has 0 atom stereocenters. The molecule has 3 aromatic heterocycles. The Bertz CT molecular complexity index is 1040. The van der Waals surface area contributed by atoms with E-state index in [1.807, 2.05) is 30.6 Å². The summed E-state index contributed by atoms with van der Waals surface area (Å²) >= 11 is 0. The molecule has 0 amide bonds. The van der Waals surface area contributed by atoms with Crippen molar-refractivity contribution < 1.29 is 5.11 Å². The SMILES string of the molecule is CC(C)(C)Nc1nc(Nc2cc(-c3cn[nH]c3)ccn2)cc2c1CN(CCO)C=C2. The van der Waals surface area contributed by atoms with Crippen LogP contribution >= 0.6 is 0 Å². The number of pyridine rings is 2. The van der Waals surface area contributed by atoms with Crippen molar-refractivity contribution in [3.63, 3.8) is 0 Å². The smallest absolute Gasteiger partial charge is 0.134 e. The van der Waals surface area contributed by atoms with E-state index in [0.29, 0.717) is 18.9 Å². The minimum atomic E-state index is -0.137. The van der Waals surface area contributed by atoms with E-state index in [1.54, 1.807) is 12.4 Å². The third kappa shape index (κ3) is 4.60. The van der Waals surface area contributed by atoms with Crippen LogP contribution < -0.4 is 10.6 Å². The third-order valence-electron chi connectivity index (χ3n) is 4.71. The Balaban J connectivity index is 1.66. The number of H-pyrrole nitrogens is 1. The number of hydrogen-bond acceptors (Lipinski definition) is 7. The van der Waals surface area contributed by atoms with Gasteiger partial charge in [-0.3, -0.25) is 5.10 Å². The number of nitrogens with one attached hydrogen (secondary N) is 3. The summed E-state index contributed by atoms with van der Waals surface area (Å²) in [6.07, 6.45) is 9.48. The van der Waals surface area contributed by atoms with Gasteiger partial charge in [-0.25, -0.2) is 9.97 Å². The number of fused-ring (bicyclic) bond motifs is 1. The molecule has 0 unspecified atom stereocenters. The van der Waals surface area contributed by atoms with Crippen LogP contribution in [0.3, 0.4) is 0 Å². The Hall–Kier alpha value is -3.39. The fourth-order valence-corrected chi connectivity index (χ4v) is 3.37. The van der Waals surface area contributed by atoms with Crippen LogP contribution in [0.4, 0.5) is 17.5 Å². The number of aliphatic hydroxyl groups excluding tert-OH is 1. The molecule has 0 spiro atoms. The summed E-state index contributed by atoms with van der Waals surface area (Å²) in [5.74, 6) is 2.27. The predicted octanol–water partition coefficient (Wildman–Crippen LogP) is 3.60. The first-order valence-electron chi connectivity index (χ1n) is 9.99. The molecule has 8 heteroatoms. The van der Waals surface area contributed by atoms with Gasteiger partial charge in [-0.05, 0) is 56.2 Å². The highest BCUT2D eigenvalue weighted by molar-refractivity contribution is 5.71. The Labute approximate surface area is 176 Å². The first kappa shape index (κ1) is 19.9. The number of β-amino-alcohol motifs (C(OH)–C–C–N with tert-alkyl or cyclic N) is 1. The van der Waals surface area contributed by atoms with Gasteiger partial charge in [0.05, 0.1) is 12.8 Å². The van der Waals surface area contributed by atoms with Crippen LogP contribution in [0.2, 0.25) is 0 Å². The Morgan fingerprint density at radius 1 is 1.20 bits per heavy atom. The van der Waals surface area contributed by atoms with E-state index in [4.69, 9.17) is 4.98 Å². The second-order valence-electron chi connectivity index (χ2n) is 8.35. The van der Waals surface area contributed by atoms with Crippen LogP contribution in [-0.2, 0) is 6.54 Å². The normalized spacial score (nSPS) is 13.3. The number of rotatable bonds is 6. The quantitative estimate of drug-likeness (QED) is 0.497. The molecule has 8 nitrogen and oxygen atoms in total. The molecule has 0 aromatic carbocycles. The maximum Gasteiger partial charge on any atom is 0.134 e. The van der Waals surface area contributed by atoms with Crippen LogP contribution in [-0.4, -0.2) is 48.9 Å². The average Bonchev–Trinajstić information content (AvgIpc) is 3.23. The summed E-state index contributed by atoms with van der Waals surface area (Å²) in [5, 5.41) is 23.0. The van der Waals surface area contributed by atoms with Gasteiger partial charge in [0.25, 0.3) is 0 Å². The van der Waals surface area contributed by atoms with Crippen molar-refractivity contribution in [3.8, 4) is 11.1 Å². The summed E-state index contributed by atoms with van der Waals surface area (Å²) in [6, 6.07) is 5.95. The summed E-state index contributed by atoms with van der Waals surface area (Å²) in [6.45, 7) is 7.75. The molecule has 0 saturated heterocycles. The van der Waals surface area contributed by atoms with Crippen molar-refractivity contribution in [1.29, 1.82) is 0 Å². The molecule has 1 aliphatic rings. The fraction of sp³-hybridized carbons (Fsp3) is 0.318. The summed E-state index contributed by atoms with van der Waals surface area (Å²) in [7, 11) is 0. The van der Waals surface area contributed by atoms with Gasteiger partial charge in [-0.2, -0.15) is 5.10 Å². The van der Waals surface area contributed by atoms with Crippen LogP contribution in [0.25, 0.3) is 17.2 Å². The zero-order valence-corrected chi connectivity index (χ0v) is 17.5. The predicted molar refractivity (Wildman–Crippen MR) is 119 cm³/mol. The lowest BCUT2D eigenvalue weighted by atomic mass is 10.0. The topological polar surface area (TPSA) is 102 Å². The molecule has 0 bridgehead atoms. The molecule has 0 aliphatic carbocycles. The van der Waals surface area contributed by atoms with Gasteiger partial charge in [0, 0.05) is 48.3 Å². The highest BCUT2D eigenvalue weighted by Crippen LogP contribution is 2.31. The highest BCUT2D eigenvalue weighted by Gasteiger charge is 2.20. The molecule has 0 radical (unpaired) electrons. The van der Waals surface area contributed by atoms with E-state index < -0.39 is 0 Å². The van der Waals surface area contributed by atoms with Crippen molar-refractivity contribution >= 4 is 23.5 Å². The number of aliphatic hydroxyl groups is 1. The van der Waals surface area contributed by atoms with E-state index in [9.17, 15) is 5.11 Å². The lowest BCUT2D eigenvalue weighted by Crippen LogP contribution is -2.30. The lowest BCUT2D eigenvalue weighted by Gasteiger charge is -2.29. The second-order valence-corrected chi connectivity index (χ2v) is 8.35. The van der Waals surface area contributed by atoms with Crippen molar-refractivity contribution in [2.24, 2.45) is 0 Å². The van der Waals surface area contributed by atoms with Gasteiger partial charge in [0.1, 0.15) is 17.5 Å². The highest BCUT2D eigenvalue weighted by atomic mass is 16.3. The largest absolute Gasteiger partial charge is 0.395 e. The van der Waals surface area contributed by atoms with E-state index in [1.165, 1.54) is 0 Å². The second kappa shape index (κ2) is 8.16. The molecule has 4 rings (SSSR count). The van der Waals surface area contributed by atoms with Gasteiger partial charge < -0.3 is 20.6 Å². The maximum absolute atomic E-state index is 9.29. The Kier molecular flexibility index (Phi) is 5.41. The van der Waals surface area contributed by atoms with Crippen LogP contribution in [0, 0.1) is 0 Å². The van der Waals surface area contributed by atoms with E-state index in [2.05, 4.69) is 57.6 Å². The molecular formula is C22H27N7O. The van der Waals surface area contributed by atoms with Gasteiger partial charge >= 0.3 is 0 Å². The Morgan fingerprint density at radius 3 is 2.80 bits per heavy atom. The number of aromatic nitrogens is 4. The first-order chi connectivity index (χ1) is 14.4. The maximum atomic E-state index is 9.29. The van der Waals surface area contributed by atoms with Gasteiger partial charge in [0.15, 0.2) is 0 Å². The first-order valence-corrected chi connectivity index (χ1v) is 9.99. The fourth-order valence-electron chi connectivity index (χ4n) is 3.37. The molecular weight excluding hydrogens is 378 g/mol. The van der Waals surface area contributed by atoms with Crippen molar-refractivity contribution in [2.45, 2.75) is 32.9 Å².